The number of phenolic OH excluding ortho intramolecular Hbond substituents is 1. The molecule has 0 heterocycles. The highest BCUT2D eigenvalue weighted by atomic mass is 16.6. The Morgan fingerprint density at radius 2 is 1.82 bits per heavy atom. The highest BCUT2D eigenvalue weighted by Gasteiger charge is 2.64. The Balaban J connectivity index is 1.93. The van der Waals surface area contributed by atoms with E-state index in [2.05, 4.69) is 5.16 Å². The lowest BCUT2D eigenvalue weighted by Gasteiger charge is -2.50. The molecule has 1 aromatic rings. The molecule has 11 nitrogen and oxygen atoms in total. The van der Waals surface area contributed by atoms with Crippen LogP contribution in [0.25, 0.3) is 5.76 Å². The van der Waals surface area contributed by atoms with Crippen LogP contribution in [0.1, 0.15) is 50.8 Å². The average Bonchev–Trinajstić information content (AvgIpc) is 2.79. The number of oxime groups is 1. The summed E-state index contributed by atoms with van der Waals surface area (Å²) in [7, 11) is 3.11. The summed E-state index contributed by atoms with van der Waals surface area (Å²) in [5.74, 6) is -6.89. The fraction of sp³-hybridized carbons (Fsp3) is 0.481. The van der Waals surface area contributed by atoms with Gasteiger partial charge in [-0.05, 0) is 78.2 Å². The number of fused-ring (bicyclic) bond motifs is 3. The maximum absolute atomic E-state index is 13.9. The van der Waals surface area contributed by atoms with Gasteiger partial charge in [0.05, 0.1) is 17.3 Å². The third-order valence-corrected chi connectivity index (χ3v) is 7.45. The summed E-state index contributed by atoms with van der Waals surface area (Å²) in [6, 6.07) is 1.86. The third kappa shape index (κ3) is 3.97. The molecule has 4 rings (SSSR count). The van der Waals surface area contributed by atoms with Crippen LogP contribution in [0.15, 0.2) is 34.2 Å². The maximum Gasteiger partial charge on any atom is 0.255 e. The largest absolute Gasteiger partial charge is 0.508 e. The average molecular weight is 528 g/mol. The molecule has 0 aliphatic heterocycles. The molecule has 0 bridgehead atoms. The number of primary amides is 1. The summed E-state index contributed by atoms with van der Waals surface area (Å²) in [5, 5.41) is 48.7. The van der Waals surface area contributed by atoms with Gasteiger partial charge in [0, 0.05) is 17.1 Å². The number of rotatable bonds is 4. The molecule has 3 aliphatic carbocycles. The van der Waals surface area contributed by atoms with Gasteiger partial charge in [0.15, 0.2) is 11.4 Å². The van der Waals surface area contributed by atoms with Crippen molar-refractivity contribution in [2.24, 2.45) is 22.7 Å². The Morgan fingerprint density at radius 1 is 1.18 bits per heavy atom. The molecule has 0 aromatic heterocycles. The van der Waals surface area contributed by atoms with Crippen molar-refractivity contribution >= 4 is 28.9 Å². The van der Waals surface area contributed by atoms with Gasteiger partial charge in [-0.2, -0.15) is 0 Å². The molecule has 1 saturated carbocycles. The second-order valence-corrected chi connectivity index (χ2v) is 11.3. The fourth-order valence-electron chi connectivity index (χ4n) is 5.84. The van der Waals surface area contributed by atoms with E-state index in [4.69, 9.17) is 10.6 Å². The van der Waals surface area contributed by atoms with E-state index in [9.17, 15) is 34.8 Å². The molecule has 0 radical (unpaired) electrons. The summed E-state index contributed by atoms with van der Waals surface area (Å²) in [5.41, 5.74) is 2.66. The van der Waals surface area contributed by atoms with Gasteiger partial charge in [0.25, 0.3) is 5.91 Å². The Morgan fingerprint density at radius 3 is 2.37 bits per heavy atom. The topological polar surface area (TPSA) is 183 Å². The number of Topliss-reactive ketones (excluding diaryl/α,β-unsaturated/α-hetero) is 2. The molecule has 4 atom stereocenters. The molecule has 204 valence electrons. The summed E-state index contributed by atoms with van der Waals surface area (Å²) >= 11 is 0. The highest BCUT2D eigenvalue weighted by Crippen LogP contribution is 2.53. The number of aliphatic hydroxyl groups excluding tert-OH is 2. The summed E-state index contributed by atoms with van der Waals surface area (Å²) in [6.07, 6.45) is 0.177. The maximum atomic E-state index is 13.9. The van der Waals surface area contributed by atoms with Crippen molar-refractivity contribution < 1.29 is 39.6 Å². The number of carbonyl (C=O) groups is 3. The van der Waals surface area contributed by atoms with Crippen molar-refractivity contribution in [2.75, 3.05) is 14.1 Å². The van der Waals surface area contributed by atoms with Crippen LogP contribution in [0.5, 0.6) is 5.75 Å². The van der Waals surface area contributed by atoms with Gasteiger partial charge in [-0.1, -0.05) is 5.16 Å². The molecule has 11 heteroatoms. The van der Waals surface area contributed by atoms with Crippen molar-refractivity contribution in [2.45, 2.75) is 57.8 Å². The van der Waals surface area contributed by atoms with Crippen LogP contribution in [0.3, 0.4) is 0 Å². The predicted molar refractivity (Wildman–Crippen MR) is 137 cm³/mol. The number of amides is 1. The minimum atomic E-state index is -2.67. The molecule has 38 heavy (non-hydrogen) atoms. The van der Waals surface area contributed by atoms with E-state index < -0.39 is 63.6 Å². The second kappa shape index (κ2) is 8.95. The molecular weight excluding hydrogens is 494 g/mol. The number of ketones is 2. The first-order valence-corrected chi connectivity index (χ1v) is 12.2. The Hall–Kier alpha value is -3.70. The number of aromatic hydroxyl groups is 1. The molecule has 0 unspecified atom stereocenters. The van der Waals surface area contributed by atoms with Gasteiger partial charge in [-0.3, -0.25) is 19.3 Å². The number of nitrogens with two attached hydrogens (primary N) is 1. The molecular formula is C27H33N3O8. The fourth-order valence-corrected chi connectivity index (χ4v) is 5.84. The number of carbonyl (C=O) groups excluding carboxylic acids is 3. The molecule has 1 fully saturated rings. The van der Waals surface area contributed by atoms with Crippen LogP contribution in [0.4, 0.5) is 0 Å². The standard InChI is InChI=1S/C27H33N3O8/c1-11(29-38-26(2,3)4)13-7-8-16(31)18-14(13)9-12-10-15-20(30(5)6)22(33)19(25(28)36)24(35)27(15,37)23(34)17(12)21(18)32/h7-8,12,15,20,31-32,35,37H,9-10H2,1-6H3,(H2,28,36)/b29-11+/t12-,15-,20-,27-/m0/s1. The van der Waals surface area contributed by atoms with Crippen LogP contribution < -0.4 is 5.73 Å². The van der Waals surface area contributed by atoms with Crippen LogP contribution >= 0.6 is 0 Å². The molecule has 0 saturated heterocycles. The Bertz CT molecular complexity index is 1350. The number of hydrogen-bond acceptors (Lipinski definition) is 10. The third-order valence-electron chi connectivity index (χ3n) is 7.45. The lowest BCUT2D eigenvalue weighted by atomic mass is 9.57. The van der Waals surface area contributed by atoms with E-state index in [1.165, 1.54) is 11.0 Å². The van der Waals surface area contributed by atoms with Gasteiger partial charge in [0.2, 0.25) is 5.78 Å². The van der Waals surface area contributed by atoms with Gasteiger partial charge in [-0.15, -0.1) is 0 Å². The zero-order chi connectivity index (χ0) is 28.5. The summed E-state index contributed by atoms with van der Waals surface area (Å²) < 4.78 is 0. The monoisotopic (exact) mass is 527 g/mol. The van der Waals surface area contributed by atoms with E-state index in [0.29, 0.717) is 16.8 Å². The molecule has 0 spiro atoms. The Labute approximate surface area is 219 Å². The lowest BCUT2D eigenvalue weighted by molar-refractivity contribution is -0.153. The number of likely N-dealkylation sites (N-methyl/N-ethyl adjacent to an activating group) is 1. The van der Waals surface area contributed by atoms with Gasteiger partial charge < -0.3 is 31.0 Å². The van der Waals surface area contributed by atoms with Gasteiger partial charge in [0.1, 0.15) is 28.4 Å². The molecule has 3 aliphatic rings. The molecule has 6 N–H and O–H groups in total. The normalized spacial score (nSPS) is 27.8. The van der Waals surface area contributed by atoms with Crippen molar-refractivity contribution in [3.05, 3.63) is 45.7 Å². The molecule has 1 amide bonds. The number of benzene rings is 1. The van der Waals surface area contributed by atoms with Crippen molar-refractivity contribution in [3.8, 4) is 5.75 Å². The summed E-state index contributed by atoms with van der Waals surface area (Å²) in [6.45, 7) is 7.24. The van der Waals surface area contributed by atoms with Crippen LogP contribution in [-0.2, 0) is 25.6 Å². The smallest absolute Gasteiger partial charge is 0.255 e. The first-order valence-electron chi connectivity index (χ1n) is 12.2. The van der Waals surface area contributed by atoms with Crippen LogP contribution in [0, 0.1) is 11.8 Å². The minimum absolute atomic E-state index is 0.00379. The first-order chi connectivity index (χ1) is 17.5. The van der Waals surface area contributed by atoms with E-state index in [1.54, 1.807) is 27.1 Å². The van der Waals surface area contributed by atoms with Crippen LogP contribution in [0.2, 0.25) is 0 Å². The van der Waals surface area contributed by atoms with Crippen molar-refractivity contribution in [1.29, 1.82) is 0 Å². The second-order valence-electron chi connectivity index (χ2n) is 11.3. The van der Waals surface area contributed by atoms with Crippen molar-refractivity contribution in [3.63, 3.8) is 0 Å². The zero-order valence-corrected chi connectivity index (χ0v) is 22.2. The van der Waals surface area contributed by atoms with E-state index in [1.807, 2.05) is 20.8 Å². The molecule has 1 aromatic carbocycles. The number of aliphatic hydroxyl groups is 3. The first kappa shape index (κ1) is 27.3. The minimum Gasteiger partial charge on any atom is -0.508 e. The number of phenols is 1. The van der Waals surface area contributed by atoms with E-state index >= 15 is 0 Å². The zero-order valence-electron chi connectivity index (χ0n) is 22.2. The van der Waals surface area contributed by atoms with E-state index in [0.717, 1.165) is 0 Å². The SMILES string of the molecule is C/C(=N\OC(C)(C)C)c1ccc(O)c2c1C[C@H]1C[C@H]3[C@H](N(C)C)C(=O)C(C(N)=O)=C(O)[C@@]3(O)C(=O)C1=C2O. The number of hydrogen-bond donors (Lipinski definition) is 5. The predicted octanol–water partition coefficient (Wildman–Crippen LogP) is 1.50. The van der Waals surface area contributed by atoms with Gasteiger partial charge >= 0.3 is 0 Å². The van der Waals surface area contributed by atoms with Gasteiger partial charge in [-0.25, -0.2) is 0 Å². The van der Waals surface area contributed by atoms with E-state index in [-0.39, 0.29) is 29.7 Å². The van der Waals surface area contributed by atoms with Crippen LogP contribution in [-0.4, -0.2) is 79.9 Å². The highest BCUT2D eigenvalue weighted by molar-refractivity contribution is 6.24. The number of nitrogens with zero attached hydrogens (tertiary/aromatic N) is 2. The lowest BCUT2D eigenvalue weighted by Crippen LogP contribution is -2.65. The quantitative estimate of drug-likeness (QED) is 0.220. The van der Waals surface area contributed by atoms with Crippen molar-refractivity contribution in [1.82, 2.24) is 4.90 Å². The Kier molecular flexibility index (Phi) is 6.44. The summed E-state index contributed by atoms with van der Waals surface area (Å²) in [4.78, 5) is 46.1.